The Morgan fingerprint density at radius 2 is 2.05 bits per heavy atom. The molecule has 0 spiro atoms. The van der Waals surface area contributed by atoms with Crippen molar-refractivity contribution in [2.75, 3.05) is 37.5 Å². The summed E-state index contributed by atoms with van der Waals surface area (Å²) in [5.41, 5.74) is 6.17. The van der Waals surface area contributed by atoms with Gasteiger partial charge in [-0.15, -0.1) is 0 Å². The molecule has 0 atom stereocenters. The lowest BCUT2D eigenvalue weighted by Gasteiger charge is -2.09. The quantitative estimate of drug-likeness (QED) is 0.566. The van der Waals surface area contributed by atoms with Crippen LogP contribution < -0.4 is 11.1 Å². The third kappa shape index (κ3) is 6.49. The van der Waals surface area contributed by atoms with E-state index in [0.29, 0.717) is 31.4 Å². The number of carbonyl (C=O) groups excluding carboxylic acids is 1. The number of nitrogens with two attached hydrogens (primary N) is 1. The number of benzene rings is 1. The normalized spacial score (nSPS) is 10.8. The SMILES string of the molecule is CC(C)COCCOCC(=O)Nc1cc(F)ccc1N. The average molecular weight is 284 g/mol. The van der Waals surface area contributed by atoms with E-state index in [1.165, 1.54) is 18.2 Å². The number of carbonyl (C=O) groups is 1. The molecule has 0 saturated heterocycles. The molecule has 0 aliphatic heterocycles. The maximum atomic E-state index is 13.0. The molecule has 1 aromatic carbocycles. The molecule has 112 valence electrons. The Hall–Kier alpha value is -1.66. The Balaban J connectivity index is 2.22. The second kappa shape index (κ2) is 8.50. The van der Waals surface area contributed by atoms with Gasteiger partial charge in [0, 0.05) is 6.61 Å². The molecule has 1 amide bonds. The van der Waals surface area contributed by atoms with Crippen LogP contribution in [0, 0.1) is 11.7 Å². The highest BCUT2D eigenvalue weighted by Gasteiger charge is 2.06. The predicted molar refractivity (Wildman–Crippen MR) is 75.9 cm³/mol. The molecular formula is C14H21FN2O3. The summed E-state index contributed by atoms with van der Waals surface area (Å²) in [4.78, 5) is 11.6. The second-order valence-electron chi connectivity index (χ2n) is 4.80. The van der Waals surface area contributed by atoms with Crippen LogP contribution in [0.25, 0.3) is 0 Å². The average Bonchev–Trinajstić information content (AvgIpc) is 2.37. The summed E-state index contributed by atoms with van der Waals surface area (Å²) in [6, 6.07) is 3.79. The van der Waals surface area contributed by atoms with Gasteiger partial charge in [0.05, 0.1) is 24.6 Å². The maximum Gasteiger partial charge on any atom is 0.250 e. The van der Waals surface area contributed by atoms with Crippen molar-refractivity contribution in [2.24, 2.45) is 5.92 Å². The van der Waals surface area contributed by atoms with Gasteiger partial charge in [-0.3, -0.25) is 4.79 Å². The van der Waals surface area contributed by atoms with Crippen LogP contribution in [0.4, 0.5) is 15.8 Å². The molecule has 0 unspecified atom stereocenters. The summed E-state index contributed by atoms with van der Waals surface area (Å²) in [6.07, 6.45) is 0. The molecule has 0 heterocycles. The van der Waals surface area contributed by atoms with Gasteiger partial charge in [0.25, 0.3) is 0 Å². The van der Waals surface area contributed by atoms with E-state index < -0.39 is 5.82 Å². The molecule has 0 fully saturated rings. The van der Waals surface area contributed by atoms with Gasteiger partial charge in [0.1, 0.15) is 12.4 Å². The van der Waals surface area contributed by atoms with Gasteiger partial charge in [-0.25, -0.2) is 4.39 Å². The van der Waals surface area contributed by atoms with Crippen molar-refractivity contribution in [3.05, 3.63) is 24.0 Å². The third-order valence-corrected chi connectivity index (χ3v) is 2.35. The first-order chi connectivity index (χ1) is 9.49. The summed E-state index contributed by atoms with van der Waals surface area (Å²) in [7, 11) is 0. The zero-order valence-electron chi connectivity index (χ0n) is 11.8. The van der Waals surface area contributed by atoms with E-state index in [-0.39, 0.29) is 18.2 Å². The van der Waals surface area contributed by atoms with Crippen LogP contribution in [0.15, 0.2) is 18.2 Å². The van der Waals surface area contributed by atoms with Crippen LogP contribution in [0.2, 0.25) is 0 Å². The van der Waals surface area contributed by atoms with E-state index in [0.717, 1.165) is 0 Å². The van der Waals surface area contributed by atoms with Crippen molar-refractivity contribution in [3.63, 3.8) is 0 Å². The number of amides is 1. The van der Waals surface area contributed by atoms with E-state index >= 15 is 0 Å². The van der Waals surface area contributed by atoms with Gasteiger partial charge in [-0.2, -0.15) is 0 Å². The fourth-order valence-corrected chi connectivity index (χ4v) is 1.42. The molecule has 0 saturated carbocycles. The summed E-state index contributed by atoms with van der Waals surface area (Å²) in [5.74, 6) is -0.377. The minimum atomic E-state index is -0.461. The molecule has 6 heteroatoms. The molecule has 0 aromatic heterocycles. The lowest BCUT2D eigenvalue weighted by Crippen LogP contribution is -2.20. The van der Waals surface area contributed by atoms with Gasteiger partial charge in [-0.1, -0.05) is 13.8 Å². The van der Waals surface area contributed by atoms with Gasteiger partial charge in [-0.05, 0) is 24.1 Å². The zero-order chi connectivity index (χ0) is 15.0. The molecule has 0 aliphatic rings. The molecule has 20 heavy (non-hydrogen) atoms. The Kier molecular flexibility index (Phi) is 6.97. The van der Waals surface area contributed by atoms with Crippen LogP contribution in [0.3, 0.4) is 0 Å². The van der Waals surface area contributed by atoms with Gasteiger partial charge in [0.2, 0.25) is 5.91 Å². The van der Waals surface area contributed by atoms with Crippen LogP contribution in [0.5, 0.6) is 0 Å². The highest BCUT2D eigenvalue weighted by atomic mass is 19.1. The minimum Gasteiger partial charge on any atom is -0.397 e. The van der Waals surface area contributed by atoms with Crippen molar-refractivity contribution < 1.29 is 18.7 Å². The van der Waals surface area contributed by atoms with Gasteiger partial charge < -0.3 is 20.5 Å². The number of ether oxygens (including phenoxy) is 2. The number of nitrogen functional groups attached to an aromatic ring is 1. The number of halogens is 1. The number of anilines is 2. The fourth-order valence-electron chi connectivity index (χ4n) is 1.42. The minimum absolute atomic E-state index is 0.124. The highest BCUT2D eigenvalue weighted by Crippen LogP contribution is 2.18. The van der Waals surface area contributed by atoms with E-state index in [1.807, 2.05) is 0 Å². The summed E-state index contributed by atoms with van der Waals surface area (Å²) >= 11 is 0. The smallest absolute Gasteiger partial charge is 0.250 e. The summed E-state index contributed by atoms with van der Waals surface area (Å²) < 4.78 is 23.5. The molecule has 5 nitrogen and oxygen atoms in total. The molecule has 3 N–H and O–H groups in total. The predicted octanol–water partition coefficient (Wildman–Crippen LogP) is 2.04. The van der Waals surface area contributed by atoms with Crippen molar-refractivity contribution >= 4 is 17.3 Å². The number of nitrogens with one attached hydrogen (secondary N) is 1. The summed E-state index contributed by atoms with van der Waals surface area (Å²) in [5, 5.41) is 2.49. The topological polar surface area (TPSA) is 73.6 Å². The first-order valence-electron chi connectivity index (χ1n) is 6.49. The number of hydrogen-bond donors (Lipinski definition) is 2. The Morgan fingerprint density at radius 1 is 1.35 bits per heavy atom. The van der Waals surface area contributed by atoms with Gasteiger partial charge >= 0.3 is 0 Å². The maximum absolute atomic E-state index is 13.0. The fraction of sp³-hybridized carbons (Fsp3) is 0.500. The monoisotopic (exact) mass is 284 g/mol. The van der Waals surface area contributed by atoms with Crippen LogP contribution >= 0.6 is 0 Å². The first kappa shape index (κ1) is 16.4. The van der Waals surface area contributed by atoms with Crippen LogP contribution in [0.1, 0.15) is 13.8 Å². The largest absolute Gasteiger partial charge is 0.397 e. The highest BCUT2D eigenvalue weighted by molar-refractivity contribution is 5.94. The first-order valence-corrected chi connectivity index (χ1v) is 6.49. The Labute approximate surface area is 118 Å². The van der Waals surface area contributed by atoms with E-state index in [4.69, 9.17) is 15.2 Å². The van der Waals surface area contributed by atoms with Crippen molar-refractivity contribution in [1.82, 2.24) is 0 Å². The molecule has 1 rings (SSSR count). The molecule has 0 aliphatic carbocycles. The standard InChI is InChI=1S/C14H21FN2O3/c1-10(2)8-19-5-6-20-9-14(18)17-13-7-11(15)3-4-12(13)16/h3-4,7,10H,5-6,8-9,16H2,1-2H3,(H,17,18). The van der Waals surface area contributed by atoms with E-state index in [1.54, 1.807) is 0 Å². The molecule has 0 radical (unpaired) electrons. The third-order valence-electron chi connectivity index (χ3n) is 2.35. The van der Waals surface area contributed by atoms with Crippen molar-refractivity contribution in [3.8, 4) is 0 Å². The number of hydrogen-bond acceptors (Lipinski definition) is 4. The van der Waals surface area contributed by atoms with E-state index in [9.17, 15) is 9.18 Å². The Morgan fingerprint density at radius 3 is 2.75 bits per heavy atom. The van der Waals surface area contributed by atoms with Crippen molar-refractivity contribution in [2.45, 2.75) is 13.8 Å². The molecule has 1 aromatic rings. The molecule has 0 bridgehead atoms. The van der Waals surface area contributed by atoms with E-state index in [2.05, 4.69) is 19.2 Å². The van der Waals surface area contributed by atoms with Crippen molar-refractivity contribution in [1.29, 1.82) is 0 Å². The Bertz CT molecular complexity index is 438. The van der Waals surface area contributed by atoms with Gasteiger partial charge in [0.15, 0.2) is 0 Å². The second-order valence-corrected chi connectivity index (χ2v) is 4.80. The lowest BCUT2D eigenvalue weighted by atomic mass is 10.2. The summed E-state index contributed by atoms with van der Waals surface area (Å²) in [6.45, 7) is 5.41. The number of rotatable bonds is 8. The molecular weight excluding hydrogens is 263 g/mol. The zero-order valence-corrected chi connectivity index (χ0v) is 11.8. The van der Waals surface area contributed by atoms with Crippen LogP contribution in [-0.4, -0.2) is 32.3 Å². The lowest BCUT2D eigenvalue weighted by molar-refractivity contribution is -0.121. The van der Waals surface area contributed by atoms with Crippen LogP contribution in [-0.2, 0) is 14.3 Å².